The van der Waals surface area contributed by atoms with Gasteiger partial charge in [0.25, 0.3) is 5.91 Å². The van der Waals surface area contributed by atoms with Crippen molar-refractivity contribution in [2.75, 3.05) is 51.0 Å². The molecule has 2 aromatic carbocycles. The minimum atomic E-state index is -0.471. The van der Waals surface area contributed by atoms with Gasteiger partial charge in [-0.1, -0.05) is 78.9 Å². The van der Waals surface area contributed by atoms with E-state index in [0.717, 1.165) is 69.0 Å². The fraction of sp³-hybridized carbons (Fsp3) is 0.480. The molecule has 2 atom stereocenters. The van der Waals surface area contributed by atoms with E-state index in [0.29, 0.717) is 52.1 Å². The molecule has 15 heteroatoms. The third-order valence-electron chi connectivity index (χ3n) is 11.5. The van der Waals surface area contributed by atoms with Crippen LogP contribution < -0.4 is 14.4 Å². The fourth-order valence-corrected chi connectivity index (χ4v) is 8.90. The molecule has 0 aliphatic carbocycles. The van der Waals surface area contributed by atoms with Crippen LogP contribution in [0.15, 0.2) is 75.6 Å². The maximum absolute atomic E-state index is 14.0. The topological polar surface area (TPSA) is 191 Å². The molecule has 2 unspecified atom stereocenters. The van der Waals surface area contributed by atoms with Gasteiger partial charge in [-0.25, -0.2) is 0 Å². The molecule has 0 saturated heterocycles. The Morgan fingerprint density at radius 2 is 1.26 bits per heavy atom. The van der Waals surface area contributed by atoms with E-state index >= 15 is 0 Å². The fourth-order valence-electron chi connectivity index (χ4n) is 7.66. The number of nitrogens with zero attached hydrogens (tertiary/aromatic N) is 7. The summed E-state index contributed by atoms with van der Waals surface area (Å²) in [4.78, 5) is 44.2. The Kier molecular flexibility index (Phi) is 19.1. The van der Waals surface area contributed by atoms with Crippen LogP contribution >= 0.6 is 11.3 Å². The van der Waals surface area contributed by atoms with Crippen LogP contribution in [0, 0.1) is 45.8 Å². The maximum atomic E-state index is 14.0. The number of allylic oxidation sites excluding steroid dienone is 2. The highest BCUT2D eigenvalue weighted by Gasteiger charge is 2.42. The number of unbranched alkanes of at least 4 members (excludes halogenated alkanes) is 3. The van der Waals surface area contributed by atoms with Crippen molar-refractivity contribution in [3.63, 3.8) is 0 Å². The molecule has 65 heavy (non-hydrogen) atoms. The van der Waals surface area contributed by atoms with Crippen LogP contribution in [0.25, 0.3) is 16.0 Å². The van der Waals surface area contributed by atoms with E-state index in [2.05, 4.69) is 30.1 Å². The molecule has 14 nitrogen and oxygen atoms in total. The molecule has 5 rings (SSSR count). The summed E-state index contributed by atoms with van der Waals surface area (Å²) in [6.07, 6.45) is 8.47. The monoisotopic (exact) mass is 901 g/mol. The van der Waals surface area contributed by atoms with Crippen LogP contribution in [-0.4, -0.2) is 68.8 Å². The van der Waals surface area contributed by atoms with Gasteiger partial charge in [-0.2, -0.15) is 26.0 Å². The zero-order valence-electron chi connectivity index (χ0n) is 38.2. The van der Waals surface area contributed by atoms with Crippen LogP contribution in [0.4, 0.5) is 17.1 Å². The highest BCUT2D eigenvalue weighted by molar-refractivity contribution is 7.17. The summed E-state index contributed by atoms with van der Waals surface area (Å²) in [6.45, 7) is 12.2. The van der Waals surface area contributed by atoms with E-state index in [1.807, 2.05) is 86.3 Å². The van der Waals surface area contributed by atoms with Crippen molar-refractivity contribution in [3.8, 4) is 40.1 Å². The second-order valence-electron chi connectivity index (χ2n) is 15.8. The quantitative estimate of drug-likeness (QED) is 0.0472. The van der Waals surface area contributed by atoms with Crippen LogP contribution in [0.2, 0.25) is 0 Å². The van der Waals surface area contributed by atoms with Crippen molar-refractivity contribution in [2.45, 2.75) is 98.8 Å². The molecule has 2 aliphatic heterocycles. The molecule has 2 aliphatic rings. The number of hydrogen-bond donors (Lipinski definition) is 0. The van der Waals surface area contributed by atoms with Crippen molar-refractivity contribution in [2.24, 2.45) is 22.1 Å². The predicted octanol–water partition coefficient (Wildman–Crippen LogP) is 11.1. The number of amides is 1. The number of carbonyl (C=O) groups excluding carboxylic acids is 3. The SMILES string of the molecule is CCCCC(CC)C(=O)OCCN(CCOC(=O)C(CC)CCCC)c1ccc(N=Nc2ccc(-c3sc(C4=C(C#N)C(=C(C#N)C#N)N(CCCC)C4=O)c4c3OCCO4)cc2)cc1. The Morgan fingerprint density at radius 3 is 1.74 bits per heavy atom. The Morgan fingerprint density at radius 1 is 0.754 bits per heavy atom. The van der Waals surface area contributed by atoms with Crippen LogP contribution in [-0.2, 0) is 23.9 Å². The van der Waals surface area contributed by atoms with Gasteiger partial charge in [0, 0.05) is 12.2 Å². The summed E-state index contributed by atoms with van der Waals surface area (Å²) in [6, 6.07) is 20.7. The largest absolute Gasteiger partial charge is 0.485 e. The molecule has 0 bridgehead atoms. The molecule has 342 valence electrons. The second kappa shape index (κ2) is 25.1. The maximum Gasteiger partial charge on any atom is 0.308 e. The average Bonchev–Trinajstić information content (AvgIpc) is 3.84. The van der Waals surface area contributed by atoms with Gasteiger partial charge in [0.15, 0.2) is 17.1 Å². The summed E-state index contributed by atoms with van der Waals surface area (Å²) >= 11 is 1.24. The molecule has 0 saturated carbocycles. The zero-order valence-corrected chi connectivity index (χ0v) is 39.0. The first-order chi connectivity index (χ1) is 31.7. The summed E-state index contributed by atoms with van der Waals surface area (Å²) in [5, 5.41) is 38.8. The van der Waals surface area contributed by atoms with E-state index in [1.54, 1.807) is 0 Å². The highest BCUT2D eigenvalue weighted by Crippen LogP contribution is 2.54. The lowest BCUT2D eigenvalue weighted by molar-refractivity contribution is -0.149. The first kappa shape index (κ1) is 49.5. The molecule has 1 aromatic heterocycles. The van der Waals surface area contributed by atoms with Crippen molar-refractivity contribution in [1.29, 1.82) is 15.8 Å². The number of nitriles is 3. The Hall–Kier alpha value is -6.50. The first-order valence-corrected chi connectivity index (χ1v) is 23.6. The summed E-state index contributed by atoms with van der Waals surface area (Å²) in [5.74, 6) is -0.280. The molecule has 3 aromatic rings. The number of ether oxygens (including phenoxy) is 4. The number of azo groups is 1. The van der Waals surface area contributed by atoms with E-state index in [9.17, 15) is 30.2 Å². The number of fused-ring (bicyclic) bond motifs is 1. The van der Waals surface area contributed by atoms with Crippen LogP contribution in [0.3, 0.4) is 0 Å². The van der Waals surface area contributed by atoms with E-state index in [-0.39, 0.29) is 79.2 Å². The second-order valence-corrected chi connectivity index (χ2v) is 16.8. The summed E-state index contributed by atoms with van der Waals surface area (Å²) in [5.41, 5.74) is 2.57. The number of anilines is 1. The molecule has 0 spiro atoms. The Labute approximate surface area is 386 Å². The summed E-state index contributed by atoms with van der Waals surface area (Å²) in [7, 11) is 0. The average molecular weight is 902 g/mol. The van der Waals surface area contributed by atoms with E-state index in [1.165, 1.54) is 16.2 Å². The van der Waals surface area contributed by atoms with Crippen LogP contribution in [0.5, 0.6) is 11.5 Å². The lowest BCUT2D eigenvalue weighted by Gasteiger charge is -2.25. The van der Waals surface area contributed by atoms with E-state index < -0.39 is 5.91 Å². The van der Waals surface area contributed by atoms with Crippen molar-refractivity contribution < 1.29 is 33.3 Å². The molecular weight excluding hydrogens is 843 g/mol. The lowest BCUT2D eigenvalue weighted by atomic mass is 10.00. The van der Waals surface area contributed by atoms with Gasteiger partial charge in [-0.05, 0) is 74.1 Å². The zero-order chi connectivity index (χ0) is 46.7. The normalized spacial score (nSPS) is 14.2. The standard InChI is InChI=1S/C50H59N7O7S/c1-6-11-14-34(9-4)49(59)63-27-25-56(26-28-64-50(60)35(10-5)15-12-7-2)40-22-20-39(21-23-40)55-54-38-18-16-36(17-19-38)46-44-45(62-30-29-61-44)47(65-46)42-41(33-53)43(37(31-51)32-52)57(48(42)58)24-13-8-3/h16-23,34-35H,6-15,24-30H2,1-5H3. The van der Waals surface area contributed by atoms with Gasteiger partial charge in [0.1, 0.15) is 44.6 Å². The van der Waals surface area contributed by atoms with Gasteiger partial charge in [0.05, 0.1) is 62.9 Å². The predicted molar refractivity (Wildman–Crippen MR) is 250 cm³/mol. The number of thiophene rings is 1. The molecular formula is C50H59N7O7S. The number of hydrogen-bond acceptors (Lipinski definition) is 14. The smallest absolute Gasteiger partial charge is 0.308 e. The number of carbonyl (C=O) groups is 3. The van der Waals surface area contributed by atoms with Gasteiger partial charge >= 0.3 is 11.9 Å². The van der Waals surface area contributed by atoms with E-state index in [4.69, 9.17) is 18.9 Å². The van der Waals surface area contributed by atoms with Gasteiger partial charge in [-0.15, -0.1) is 11.3 Å². The van der Waals surface area contributed by atoms with Gasteiger partial charge in [-0.3, -0.25) is 14.4 Å². The Bertz CT molecular complexity index is 2300. The molecule has 3 heterocycles. The summed E-state index contributed by atoms with van der Waals surface area (Å²) < 4.78 is 23.6. The molecule has 1 amide bonds. The minimum absolute atomic E-state index is 0.0230. The van der Waals surface area contributed by atoms with Crippen LogP contribution in [0.1, 0.15) is 104 Å². The third-order valence-corrected chi connectivity index (χ3v) is 12.7. The minimum Gasteiger partial charge on any atom is -0.485 e. The van der Waals surface area contributed by atoms with Crippen molar-refractivity contribution in [3.05, 3.63) is 70.3 Å². The van der Waals surface area contributed by atoms with Crippen molar-refractivity contribution in [1.82, 2.24) is 4.90 Å². The number of benzene rings is 2. The number of esters is 2. The van der Waals surface area contributed by atoms with Crippen molar-refractivity contribution >= 4 is 51.8 Å². The Balaban J connectivity index is 1.33. The van der Waals surface area contributed by atoms with Gasteiger partial charge in [0.2, 0.25) is 0 Å². The molecule has 0 radical (unpaired) electrons. The van der Waals surface area contributed by atoms with Gasteiger partial charge < -0.3 is 28.7 Å². The molecule has 0 N–H and O–H groups in total. The lowest BCUT2D eigenvalue weighted by Crippen LogP contribution is -2.33. The first-order valence-electron chi connectivity index (χ1n) is 22.8. The third kappa shape index (κ3) is 12.4. The molecule has 0 fully saturated rings. The highest BCUT2D eigenvalue weighted by atomic mass is 32.1. The number of rotatable bonds is 24.